The number of nitrogens with zero attached hydrogens (tertiary/aromatic N) is 5. The van der Waals surface area contributed by atoms with E-state index in [9.17, 15) is 0 Å². The summed E-state index contributed by atoms with van der Waals surface area (Å²) in [5.41, 5.74) is 2.31. The van der Waals surface area contributed by atoms with Gasteiger partial charge in [-0.05, 0) is 24.6 Å². The first kappa shape index (κ1) is 15.9. The van der Waals surface area contributed by atoms with Crippen molar-refractivity contribution in [3.05, 3.63) is 72.4 Å². The maximum Gasteiger partial charge on any atom is 0.247 e. The predicted octanol–water partition coefficient (Wildman–Crippen LogP) is 3.67. The number of para-hydroxylation sites is 1. The first-order valence-electron chi connectivity index (χ1n) is 8.05. The Labute approximate surface area is 142 Å². The lowest BCUT2D eigenvalue weighted by molar-refractivity contribution is 0.819. The smallest absolute Gasteiger partial charge is 0.247 e. The Bertz CT molecular complexity index is 761. The monoisotopic (exact) mass is 319 g/mol. The Balaban J connectivity index is 1.83. The average Bonchev–Trinajstić information content (AvgIpc) is 2.64. The van der Waals surface area contributed by atoms with Crippen molar-refractivity contribution in [2.45, 2.75) is 13.5 Å². The molecule has 24 heavy (non-hydrogen) atoms. The molecule has 3 aromatic rings. The van der Waals surface area contributed by atoms with E-state index in [1.807, 2.05) is 48.3 Å². The molecule has 0 amide bonds. The molecule has 0 aliphatic carbocycles. The van der Waals surface area contributed by atoms with Crippen LogP contribution in [0.4, 0.5) is 17.5 Å². The van der Waals surface area contributed by atoms with Gasteiger partial charge in [0.1, 0.15) is 0 Å². The van der Waals surface area contributed by atoms with Crippen molar-refractivity contribution >= 4 is 17.5 Å². The van der Waals surface area contributed by atoms with E-state index in [4.69, 9.17) is 4.98 Å². The zero-order valence-electron chi connectivity index (χ0n) is 14.0. The van der Waals surface area contributed by atoms with E-state index in [2.05, 4.69) is 46.3 Å². The molecule has 0 saturated heterocycles. The molecule has 1 aromatic heterocycles. The topological polar surface area (TPSA) is 45.2 Å². The molecule has 5 heteroatoms. The molecule has 1 heterocycles. The third-order valence-electron chi connectivity index (χ3n) is 3.80. The molecular weight excluding hydrogens is 298 g/mol. The first-order chi connectivity index (χ1) is 11.8. The van der Waals surface area contributed by atoms with Gasteiger partial charge in [0, 0.05) is 25.8 Å². The van der Waals surface area contributed by atoms with E-state index in [1.54, 1.807) is 6.20 Å². The fourth-order valence-electron chi connectivity index (χ4n) is 2.59. The van der Waals surface area contributed by atoms with Crippen molar-refractivity contribution in [1.29, 1.82) is 0 Å². The van der Waals surface area contributed by atoms with Crippen LogP contribution in [0.2, 0.25) is 0 Å². The van der Waals surface area contributed by atoms with Crippen molar-refractivity contribution < 1.29 is 0 Å². The molecule has 0 N–H and O–H groups in total. The summed E-state index contributed by atoms with van der Waals surface area (Å²) in [7, 11) is 1.98. The van der Waals surface area contributed by atoms with Gasteiger partial charge in [0.05, 0.1) is 6.20 Å². The second kappa shape index (κ2) is 7.55. The van der Waals surface area contributed by atoms with Crippen molar-refractivity contribution in [3.8, 4) is 0 Å². The van der Waals surface area contributed by atoms with Gasteiger partial charge in [-0.3, -0.25) is 0 Å². The van der Waals surface area contributed by atoms with Crippen LogP contribution < -0.4 is 9.80 Å². The minimum Gasteiger partial charge on any atom is -0.338 e. The van der Waals surface area contributed by atoms with E-state index in [0.29, 0.717) is 5.95 Å². The molecule has 2 aromatic carbocycles. The Morgan fingerprint density at radius 3 is 2.25 bits per heavy atom. The molecule has 0 aliphatic rings. The van der Waals surface area contributed by atoms with Crippen LogP contribution in [0.15, 0.2) is 66.9 Å². The molecule has 0 fully saturated rings. The highest BCUT2D eigenvalue weighted by Gasteiger charge is 2.12. The summed E-state index contributed by atoms with van der Waals surface area (Å²) >= 11 is 0. The molecule has 0 saturated carbocycles. The van der Waals surface area contributed by atoms with Crippen LogP contribution in [-0.2, 0) is 6.54 Å². The van der Waals surface area contributed by atoms with Gasteiger partial charge in [0.25, 0.3) is 0 Å². The summed E-state index contributed by atoms with van der Waals surface area (Å²) < 4.78 is 0. The summed E-state index contributed by atoms with van der Waals surface area (Å²) in [6.07, 6.45) is 1.70. The van der Waals surface area contributed by atoms with Crippen LogP contribution in [0, 0.1) is 0 Å². The number of hydrogen-bond acceptors (Lipinski definition) is 5. The summed E-state index contributed by atoms with van der Waals surface area (Å²) in [4.78, 5) is 8.82. The number of benzene rings is 2. The van der Waals surface area contributed by atoms with Crippen molar-refractivity contribution in [3.63, 3.8) is 0 Å². The maximum absolute atomic E-state index is 4.69. The zero-order chi connectivity index (χ0) is 16.8. The van der Waals surface area contributed by atoms with Gasteiger partial charge in [0.15, 0.2) is 5.82 Å². The van der Waals surface area contributed by atoms with Crippen LogP contribution in [-0.4, -0.2) is 28.8 Å². The third-order valence-corrected chi connectivity index (χ3v) is 3.80. The number of anilines is 3. The lowest BCUT2D eigenvalue weighted by atomic mass is 10.2. The minimum absolute atomic E-state index is 0.616. The highest BCUT2D eigenvalue weighted by Crippen LogP contribution is 2.23. The van der Waals surface area contributed by atoms with E-state index >= 15 is 0 Å². The van der Waals surface area contributed by atoms with Gasteiger partial charge in [-0.2, -0.15) is 10.1 Å². The van der Waals surface area contributed by atoms with Crippen LogP contribution >= 0.6 is 0 Å². The SMILES string of the molecule is CCN(c1ccccc1)c1cnnc(N(C)Cc2ccccc2)n1. The number of rotatable bonds is 6. The minimum atomic E-state index is 0.616. The van der Waals surface area contributed by atoms with E-state index in [0.717, 1.165) is 24.6 Å². The van der Waals surface area contributed by atoms with Gasteiger partial charge < -0.3 is 9.80 Å². The molecule has 0 aliphatic heterocycles. The predicted molar refractivity (Wildman–Crippen MR) is 97.5 cm³/mol. The number of aromatic nitrogens is 3. The van der Waals surface area contributed by atoms with E-state index in [1.165, 1.54) is 5.56 Å². The van der Waals surface area contributed by atoms with Crippen molar-refractivity contribution in [2.75, 3.05) is 23.4 Å². The second-order valence-corrected chi connectivity index (χ2v) is 5.54. The van der Waals surface area contributed by atoms with Gasteiger partial charge in [-0.25, -0.2) is 0 Å². The second-order valence-electron chi connectivity index (χ2n) is 5.54. The lowest BCUT2D eigenvalue weighted by Gasteiger charge is -2.23. The van der Waals surface area contributed by atoms with Crippen molar-refractivity contribution in [2.24, 2.45) is 0 Å². The number of hydrogen-bond donors (Lipinski definition) is 0. The van der Waals surface area contributed by atoms with Crippen molar-refractivity contribution in [1.82, 2.24) is 15.2 Å². The molecule has 3 rings (SSSR count). The molecule has 5 nitrogen and oxygen atoms in total. The van der Waals surface area contributed by atoms with Gasteiger partial charge in [-0.1, -0.05) is 48.5 Å². The van der Waals surface area contributed by atoms with Gasteiger partial charge in [-0.15, -0.1) is 5.10 Å². The first-order valence-corrected chi connectivity index (χ1v) is 8.05. The largest absolute Gasteiger partial charge is 0.338 e. The standard InChI is InChI=1S/C19H21N5/c1-3-24(17-12-8-5-9-13-17)18-14-20-22-19(21-18)23(2)15-16-10-6-4-7-11-16/h4-14H,3,15H2,1-2H3. The van der Waals surface area contributed by atoms with Gasteiger partial charge in [0.2, 0.25) is 5.95 Å². The normalized spacial score (nSPS) is 10.4. The van der Waals surface area contributed by atoms with Gasteiger partial charge >= 0.3 is 0 Å². The fourth-order valence-corrected chi connectivity index (χ4v) is 2.59. The summed E-state index contributed by atoms with van der Waals surface area (Å²) in [5, 5.41) is 8.33. The Kier molecular flexibility index (Phi) is 5.01. The van der Waals surface area contributed by atoms with E-state index in [-0.39, 0.29) is 0 Å². The third kappa shape index (κ3) is 3.68. The summed E-state index contributed by atoms with van der Waals surface area (Å²) in [6.45, 7) is 3.65. The molecule has 122 valence electrons. The molecule has 0 atom stereocenters. The van der Waals surface area contributed by atoms with Crippen LogP contribution in [0.1, 0.15) is 12.5 Å². The molecular formula is C19H21N5. The Morgan fingerprint density at radius 2 is 1.58 bits per heavy atom. The van der Waals surface area contributed by atoms with Crippen LogP contribution in [0.3, 0.4) is 0 Å². The average molecular weight is 319 g/mol. The Hall–Kier alpha value is -2.95. The lowest BCUT2D eigenvalue weighted by Crippen LogP contribution is -2.23. The molecule has 0 radical (unpaired) electrons. The molecule has 0 unspecified atom stereocenters. The van der Waals surface area contributed by atoms with E-state index < -0.39 is 0 Å². The molecule has 0 bridgehead atoms. The quantitative estimate of drug-likeness (QED) is 0.694. The fraction of sp³-hybridized carbons (Fsp3) is 0.211. The summed E-state index contributed by atoms with van der Waals surface area (Å²) in [6, 6.07) is 20.5. The maximum atomic E-state index is 4.69. The summed E-state index contributed by atoms with van der Waals surface area (Å²) in [5.74, 6) is 1.42. The Morgan fingerprint density at radius 1 is 0.917 bits per heavy atom. The highest BCUT2D eigenvalue weighted by molar-refractivity contribution is 5.59. The highest BCUT2D eigenvalue weighted by atomic mass is 15.3. The van der Waals surface area contributed by atoms with Crippen LogP contribution in [0.25, 0.3) is 0 Å². The van der Waals surface area contributed by atoms with Crippen LogP contribution in [0.5, 0.6) is 0 Å². The molecule has 0 spiro atoms. The zero-order valence-corrected chi connectivity index (χ0v) is 14.0.